The molecule has 0 bridgehead atoms. The molecule has 1 aromatic rings. The van der Waals surface area contributed by atoms with Crippen LogP contribution in [0, 0.1) is 12.8 Å². The molecule has 4 heteroatoms. The van der Waals surface area contributed by atoms with E-state index in [0.29, 0.717) is 25.2 Å². The molecule has 1 aromatic carbocycles. The molecule has 1 aliphatic carbocycles. The first-order valence-electron chi connectivity index (χ1n) is 7.86. The Morgan fingerprint density at radius 3 is 2.86 bits per heavy atom. The molecule has 0 spiro atoms. The van der Waals surface area contributed by atoms with Crippen LogP contribution in [0.3, 0.4) is 0 Å². The maximum absolute atomic E-state index is 10.0. The van der Waals surface area contributed by atoms with Crippen LogP contribution in [-0.4, -0.2) is 30.5 Å². The lowest BCUT2D eigenvalue weighted by Gasteiger charge is -2.29. The average Bonchev–Trinajstić information content (AvgIpc) is 2.47. The minimum atomic E-state index is -0.501. The Balaban J connectivity index is 1.71. The van der Waals surface area contributed by atoms with E-state index in [9.17, 15) is 5.11 Å². The monoisotopic (exact) mass is 311 g/mol. The number of anilines is 1. The molecule has 0 saturated heterocycles. The van der Waals surface area contributed by atoms with Gasteiger partial charge in [0.15, 0.2) is 0 Å². The fourth-order valence-electron chi connectivity index (χ4n) is 2.76. The van der Waals surface area contributed by atoms with Crippen molar-refractivity contribution in [3.8, 4) is 0 Å². The van der Waals surface area contributed by atoms with E-state index in [2.05, 4.69) is 12.2 Å². The summed E-state index contributed by atoms with van der Waals surface area (Å²) in [5.41, 5.74) is 1.98. The first kappa shape index (κ1) is 16.6. The van der Waals surface area contributed by atoms with Crippen LogP contribution in [0.15, 0.2) is 18.2 Å². The van der Waals surface area contributed by atoms with Crippen LogP contribution in [0.4, 0.5) is 5.69 Å². The van der Waals surface area contributed by atoms with E-state index in [1.807, 2.05) is 25.1 Å². The summed E-state index contributed by atoms with van der Waals surface area (Å²) in [5, 5.41) is 14.0. The van der Waals surface area contributed by atoms with Crippen molar-refractivity contribution in [1.29, 1.82) is 0 Å². The lowest BCUT2D eigenvalue weighted by atomic mass is 9.88. The largest absolute Gasteiger partial charge is 0.389 e. The molecule has 21 heavy (non-hydrogen) atoms. The Hall–Kier alpha value is -0.770. The average molecular weight is 312 g/mol. The van der Waals surface area contributed by atoms with Crippen molar-refractivity contribution < 1.29 is 9.84 Å². The van der Waals surface area contributed by atoms with E-state index in [1.165, 1.54) is 19.3 Å². The van der Waals surface area contributed by atoms with Crippen LogP contribution in [-0.2, 0) is 4.74 Å². The third-order valence-corrected chi connectivity index (χ3v) is 4.66. The molecular weight excluding hydrogens is 286 g/mol. The van der Waals surface area contributed by atoms with E-state index in [1.54, 1.807) is 0 Å². The highest BCUT2D eigenvalue weighted by Crippen LogP contribution is 2.26. The smallest absolute Gasteiger partial charge is 0.0945 e. The van der Waals surface area contributed by atoms with Crippen LogP contribution >= 0.6 is 11.6 Å². The molecule has 2 rings (SSSR count). The molecule has 0 radical (unpaired) electrons. The summed E-state index contributed by atoms with van der Waals surface area (Å²) in [4.78, 5) is 0. The summed E-state index contributed by atoms with van der Waals surface area (Å²) >= 11 is 6.08. The molecule has 1 fully saturated rings. The van der Waals surface area contributed by atoms with E-state index in [4.69, 9.17) is 16.3 Å². The first-order chi connectivity index (χ1) is 10.1. The van der Waals surface area contributed by atoms with E-state index < -0.39 is 6.10 Å². The number of hydrogen-bond acceptors (Lipinski definition) is 3. The number of benzene rings is 1. The predicted octanol–water partition coefficient (Wildman–Crippen LogP) is 4.02. The maximum atomic E-state index is 10.0. The van der Waals surface area contributed by atoms with Crippen LogP contribution in [0.1, 0.15) is 38.2 Å². The van der Waals surface area contributed by atoms with Gasteiger partial charge in [0.25, 0.3) is 0 Å². The number of nitrogens with one attached hydrogen (secondary N) is 1. The Kier molecular flexibility index (Phi) is 6.34. The summed E-state index contributed by atoms with van der Waals surface area (Å²) in [5.74, 6) is 0.606. The van der Waals surface area contributed by atoms with Crippen LogP contribution in [0.25, 0.3) is 0 Å². The third kappa shape index (κ3) is 5.17. The van der Waals surface area contributed by atoms with Gasteiger partial charge in [-0.15, -0.1) is 0 Å². The van der Waals surface area contributed by atoms with Crippen molar-refractivity contribution in [3.63, 3.8) is 0 Å². The fraction of sp³-hybridized carbons (Fsp3) is 0.647. The lowest BCUT2D eigenvalue weighted by molar-refractivity contribution is -0.0424. The molecule has 1 saturated carbocycles. The molecular formula is C17H26ClNO2. The zero-order valence-electron chi connectivity index (χ0n) is 12.9. The summed E-state index contributed by atoms with van der Waals surface area (Å²) < 4.78 is 5.87. The zero-order valence-corrected chi connectivity index (χ0v) is 13.7. The van der Waals surface area contributed by atoms with Crippen molar-refractivity contribution in [1.82, 2.24) is 0 Å². The van der Waals surface area contributed by atoms with Gasteiger partial charge in [0.1, 0.15) is 0 Å². The fourth-order valence-corrected chi connectivity index (χ4v) is 2.94. The number of halogens is 1. The van der Waals surface area contributed by atoms with Gasteiger partial charge < -0.3 is 15.2 Å². The highest BCUT2D eigenvalue weighted by molar-refractivity contribution is 6.31. The predicted molar refractivity (Wildman–Crippen MR) is 88.1 cm³/mol. The highest BCUT2D eigenvalue weighted by atomic mass is 35.5. The van der Waals surface area contributed by atoms with E-state index in [0.717, 1.165) is 22.7 Å². The van der Waals surface area contributed by atoms with Crippen LogP contribution < -0.4 is 5.32 Å². The Labute approximate surface area is 132 Å². The number of rotatable bonds is 6. The molecule has 2 N–H and O–H groups in total. The molecule has 118 valence electrons. The van der Waals surface area contributed by atoms with Gasteiger partial charge in [-0.05, 0) is 43.4 Å². The quantitative estimate of drug-likeness (QED) is 0.834. The second-order valence-electron chi connectivity index (χ2n) is 6.13. The second kappa shape index (κ2) is 8.02. The first-order valence-corrected chi connectivity index (χ1v) is 8.23. The minimum Gasteiger partial charge on any atom is -0.389 e. The summed E-state index contributed by atoms with van der Waals surface area (Å²) in [6.07, 6.45) is 4.71. The number of aryl methyl sites for hydroxylation is 1. The van der Waals surface area contributed by atoms with E-state index in [-0.39, 0.29) is 0 Å². The summed E-state index contributed by atoms with van der Waals surface area (Å²) in [6, 6.07) is 5.82. The van der Waals surface area contributed by atoms with Gasteiger partial charge in [0.05, 0.1) is 18.8 Å². The molecule has 0 aromatic heterocycles. The highest BCUT2D eigenvalue weighted by Gasteiger charge is 2.22. The third-order valence-electron chi connectivity index (χ3n) is 4.25. The SMILES string of the molecule is Cc1ccc(NCC(O)COC2CCCCC2C)cc1Cl. The van der Waals surface area contributed by atoms with Gasteiger partial charge in [-0.2, -0.15) is 0 Å². The molecule has 0 amide bonds. The van der Waals surface area contributed by atoms with Gasteiger partial charge in [-0.25, -0.2) is 0 Å². The number of aliphatic hydroxyl groups excluding tert-OH is 1. The Morgan fingerprint density at radius 1 is 1.38 bits per heavy atom. The van der Waals surface area contributed by atoms with Gasteiger partial charge in [-0.1, -0.05) is 37.4 Å². The van der Waals surface area contributed by atoms with Crippen molar-refractivity contribution in [3.05, 3.63) is 28.8 Å². The Morgan fingerprint density at radius 2 is 2.14 bits per heavy atom. The number of aliphatic hydroxyl groups is 1. The number of ether oxygens (including phenoxy) is 1. The van der Waals surface area contributed by atoms with E-state index >= 15 is 0 Å². The van der Waals surface area contributed by atoms with Crippen LogP contribution in [0.2, 0.25) is 5.02 Å². The van der Waals surface area contributed by atoms with Gasteiger partial charge >= 0.3 is 0 Å². The summed E-state index contributed by atoms with van der Waals surface area (Å²) in [6.45, 7) is 5.07. The standard InChI is InChI=1S/C17H26ClNO2/c1-12-7-8-14(9-16(12)18)19-10-15(20)11-21-17-6-4-3-5-13(17)2/h7-9,13,15,17,19-20H,3-6,10-11H2,1-2H3. The Bertz CT molecular complexity index is 452. The molecule has 0 aliphatic heterocycles. The molecule has 0 heterocycles. The summed E-state index contributed by atoms with van der Waals surface area (Å²) in [7, 11) is 0. The van der Waals surface area contributed by atoms with Crippen molar-refractivity contribution in [2.75, 3.05) is 18.5 Å². The van der Waals surface area contributed by atoms with Gasteiger partial charge in [0, 0.05) is 17.3 Å². The van der Waals surface area contributed by atoms with Crippen molar-refractivity contribution in [2.45, 2.75) is 51.7 Å². The van der Waals surface area contributed by atoms with Crippen LogP contribution in [0.5, 0.6) is 0 Å². The maximum Gasteiger partial charge on any atom is 0.0945 e. The molecule has 3 nitrogen and oxygen atoms in total. The second-order valence-corrected chi connectivity index (χ2v) is 6.54. The van der Waals surface area contributed by atoms with Crippen molar-refractivity contribution in [2.24, 2.45) is 5.92 Å². The zero-order chi connectivity index (χ0) is 15.2. The van der Waals surface area contributed by atoms with Crippen molar-refractivity contribution >= 4 is 17.3 Å². The van der Waals surface area contributed by atoms with Gasteiger partial charge in [0.2, 0.25) is 0 Å². The molecule has 3 unspecified atom stereocenters. The molecule has 3 atom stereocenters. The molecule has 1 aliphatic rings. The number of hydrogen-bond donors (Lipinski definition) is 2. The van der Waals surface area contributed by atoms with Gasteiger partial charge in [-0.3, -0.25) is 0 Å². The normalized spacial score (nSPS) is 23.8. The lowest BCUT2D eigenvalue weighted by Crippen LogP contribution is -2.32. The minimum absolute atomic E-state index is 0.308. The topological polar surface area (TPSA) is 41.5 Å².